The number of hydrogen-bond acceptors (Lipinski definition) is 8. The van der Waals surface area contributed by atoms with Crippen molar-refractivity contribution in [3.05, 3.63) is 59.5 Å². The molecule has 9 nitrogen and oxygen atoms in total. The van der Waals surface area contributed by atoms with E-state index < -0.39 is 0 Å². The molecular formula is C24H26BrN7O2. The third kappa shape index (κ3) is 4.56. The molecule has 176 valence electrons. The molecule has 0 unspecified atom stereocenters. The van der Waals surface area contributed by atoms with Crippen LogP contribution in [-0.2, 0) is 4.74 Å². The highest BCUT2D eigenvalue weighted by molar-refractivity contribution is 9.10. The Bertz CT molecular complexity index is 1290. The molecule has 0 spiro atoms. The first-order chi connectivity index (χ1) is 16.4. The van der Waals surface area contributed by atoms with Crippen LogP contribution in [0.25, 0.3) is 11.0 Å². The lowest BCUT2D eigenvalue weighted by Crippen LogP contribution is -2.59. The number of anilines is 4. The maximum Gasteiger partial charge on any atom is 0.229 e. The maximum atomic E-state index is 6.09. The number of aromatic nitrogens is 4. The van der Waals surface area contributed by atoms with Gasteiger partial charge in [-0.15, -0.1) is 0 Å². The largest absolute Gasteiger partial charge is 0.490 e. The average molecular weight is 524 g/mol. The molecule has 3 N–H and O–H groups in total. The molecule has 1 aliphatic rings. The Morgan fingerprint density at radius 3 is 2.62 bits per heavy atom. The lowest BCUT2D eigenvalue weighted by atomic mass is 9.83. The Balaban J connectivity index is 1.20. The number of halogens is 1. The highest BCUT2D eigenvalue weighted by Gasteiger charge is 2.48. The second-order valence-corrected chi connectivity index (χ2v) is 9.34. The number of rotatable bonds is 8. The molecule has 0 bridgehead atoms. The number of aromatic amines is 1. The Morgan fingerprint density at radius 1 is 1.09 bits per heavy atom. The lowest BCUT2D eigenvalue weighted by Gasteiger charge is -2.50. The van der Waals surface area contributed by atoms with Gasteiger partial charge in [0.2, 0.25) is 5.95 Å². The van der Waals surface area contributed by atoms with Crippen LogP contribution in [0.1, 0.15) is 12.8 Å². The molecule has 3 heterocycles. The molecule has 1 saturated carbocycles. The molecular weight excluding hydrogens is 498 g/mol. The number of nitrogens with zero attached hydrogens (tertiary/aromatic N) is 4. The van der Waals surface area contributed by atoms with Crippen LogP contribution >= 0.6 is 15.9 Å². The van der Waals surface area contributed by atoms with Crippen molar-refractivity contribution >= 4 is 50.1 Å². The van der Waals surface area contributed by atoms with Crippen LogP contribution in [-0.4, -0.2) is 57.9 Å². The second kappa shape index (κ2) is 9.21. The van der Waals surface area contributed by atoms with Gasteiger partial charge in [-0.3, -0.25) is 4.90 Å². The highest BCUT2D eigenvalue weighted by atomic mass is 79.9. The number of pyridine rings is 1. The van der Waals surface area contributed by atoms with E-state index in [1.165, 1.54) is 0 Å². The first-order valence-corrected chi connectivity index (χ1v) is 11.7. The molecule has 1 aliphatic carbocycles. The van der Waals surface area contributed by atoms with Gasteiger partial charge in [-0.2, -0.15) is 4.98 Å². The van der Waals surface area contributed by atoms with E-state index in [9.17, 15) is 0 Å². The van der Waals surface area contributed by atoms with Gasteiger partial charge < -0.3 is 25.1 Å². The van der Waals surface area contributed by atoms with Gasteiger partial charge in [0.15, 0.2) is 0 Å². The standard InChI is InChI=1S/C24H26BrN7O2/c1-32(2)24(33-3)11-18(12-24)34-17-6-4-15(5-7-17)30-23-26-9-8-21(31-23)29-16-10-19-20(25)14-28-22(19)27-13-16/h4-10,13-14,18H,11-12H2,1-3H3,(H,27,28)(H2,26,29,30,31). The summed E-state index contributed by atoms with van der Waals surface area (Å²) in [7, 11) is 5.81. The second-order valence-electron chi connectivity index (χ2n) is 8.49. The van der Waals surface area contributed by atoms with Crippen LogP contribution in [0.3, 0.4) is 0 Å². The quantitative estimate of drug-likeness (QED) is 0.276. The van der Waals surface area contributed by atoms with E-state index in [1.54, 1.807) is 19.5 Å². The smallest absolute Gasteiger partial charge is 0.229 e. The maximum absolute atomic E-state index is 6.09. The van der Waals surface area contributed by atoms with Crippen molar-refractivity contribution in [3.8, 4) is 5.75 Å². The summed E-state index contributed by atoms with van der Waals surface area (Å²) < 4.78 is 12.7. The Morgan fingerprint density at radius 2 is 1.88 bits per heavy atom. The molecule has 0 atom stereocenters. The number of hydrogen-bond donors (Lipinski definition) is 3. The summed E-state index contributed by atoms with van der Waals surface area (Å²) in [5.74, 6) is 1.98. The fourth-order valence-corrected chi connectivity index (χ4v) is 4.48. The summed E-state index contributed by atoms with van der Waals surface area (Å²) >= 11 is 3.52. The Kier molecular flexibility index (Phi) is 6.11. The first-order valence-electron chi connectivity index (χ1n) is 10.9. The summed E-state index contributed by atoms with van der Waals surface area (Å²) in [5.41, 5.74) is 2.31. The summed E-state index contributed by atoms with van der Waals surface area (Å²) in [6.45, 7) is 0. The number of H-pyrrole nitrogens is 1. The summed E-state index contributed by atoms with van der Waals surface area (Å²) in [4.78, 5) is 18.5. The summed E-state index contributed by atoms with van der Waals surface area (Å²) in [6, 6.07) is 11.6. The van der Waals surface area contributed by atoms with Crippen LogP contribution in [0.4, 0.5) is 23.1 Å². The molecule has 10 heteroatoms. The number of fused-ring (bicyclic) bond motifs is 1. The third-order valence-electron chi connectivity index (χ3n) is 6.11. The van der Waals surface area contributed by atoms with Gasteiger partial charge in [-0.1, -0.05) is 0 Å². The molecule has 1 fully saturated rings. The van der Waals surface area contributed by atoms with E-state index in [4.69, 9.17) is 9.47 Å². The van der Waals surface area contributed by atoms with Gasteiger partial charge in [0.25, 0.3) is 0 Å². The molecule has 1 aromatic carbocycles. The normalized spacial score (nSPS) is 19.7. The van der Waals surface area contributed by atoms with Crippen molar-refractivity contribution in [1.29, 1.82) is 0 Å². The van der Waals surface area contributed by atoms with Gasteiger partial charge in [-0.25, -0.2) is 9.97 Å². The van der Waals surface area contributed by atoms with E-state index in [-0.39, 0.29) is 11.8 Å². The van der Waals surface area contributed by atoms with E-state index in [1.807, 2.05) is 56.7 Å². The number of ether oxygens (including phenoxy) is 2. The zero-order valence-corrected chi connectivity index (χ0v) is 20.8. The molecule has 0 saturated heterocycles. The monoisotopic (exact) mass is 523 g/mol. The summed E-state index contributed by atoms with van der Waals surface area (Å²) in [6.07, 6.45) is 7.16. The molecule has 34 heavy (non-hydrogen) atoms. The number of methoxy groups -OCH3 is 1. The predicted molar refractivity (Wildman–Crippen MR) is 136 cm³/mol. The number of benzene rings is 1. The Hall–Kier alpha value is -3.21. The molecule has 4 aromatic rings. The fourth-order valence-electron chi connectivity index (χ4n) is 4.06. The topological polar surface area (TPSA) is 100 Å². The van der Waals surface area contributed by atoms with E-state index in [0.717, 1.165) is 45.5 Å². The van der Waals surface area contributed by atoms with Crippen molar-refractivity contribution in [2.45, 2.75) is 24.7 Å². The first kappa shape index (κ1) is 22.6. The van der Waals surface area contributed by atoms with Crippen molar-refractivity contribution < 1.29 is 9.47 Å². The minimum Gasteiger partial charge on any atom is -0.490 e. The lowest BCUT2D eigenvalue weighted by molar-refractivity contribution is -0.204. The minimum atomic E-state index is -0.220. The van der Waals surface area contributed by atoms with Gasteiger partial charge in [-0.05, 0) is 66.4 Å². The van der Waals surface area contributed by atoms with Crippen molar-refractivity contribution in [3.63, 3.8) is 0 Å². The van der Waals surface area contributed by atoms with Gasteiger partial charge in [0.1, 0.15) is 29.0 Å². The molecule has 0 amide bonds. The van der Waals surface area contributed by atoms with Gasteiger partial charge >= 0.3 is 0 Å². The van der Waals surface area contributed by atoms with E-state index in [2.05, 4.69) is 51.4 Å². The van der Waals surface area contributed by atoms with Crippen LogP contribution in [0.5, 0.6) is 5.75 Å². The van der Waals surface area contributed by atoms with E-state index in [0.29, 0.717) is 11.8 Å². The number of nitrogens with one attached hydrogen (secondary N) is 3. The fraction of sp³-hybridized carbons (Fsp3) is 0.292. The van der Waals surface area contributed by atoms with Crippen LogP contribution < -0.4 is 15.4 Å². The molecule has 5 rings (SSSR count). The van der Waals surface area contributed by atoms with Crippen molar-refractivity contribution in [2.24, 2.45) is 0 Å². The van der Waals surface area contributed by atoms with Crippen molar-refractivity contribution in [1.82, 2.24) is 24.8 Å². The van der Waals surface area contributed by atoms with Crippen LogP contribution in [0, 0.1) is 0 Å². The molecule has 0 radical (unpaired) electrons. The van der Waals surface area contributed by atoms with Crippen LogP contribution in [0.2, 0.25) is 0 Å². The minimum absolute atomic E-state index is 0.146. The average Bonchev–Trinajstić information content (AvgIpc) is 3.17. The highest BCUT2D eigenvalue weighted by Crippen LogP contribution is 2.39. The van der Waals surface area contributed by atoms with E-state index >= 15 is 0 Å². The third-order valence-corrected chi connectivity index (χ3v) is 6.77. The SMILES string of the molecule is COC1(N(C)C)CC(Oc2ccc(Nc3nccc(Nc4cnc5[nH]cc(Br)c5c4)n3)cc2)C1. The predicted octanol–water partition coefficient (Wildman–Crippen LogP) is 5.05. The molecule has 0 aliphatic heterocycles. The Labute approximate surface area is 206 Å². The zero-order valence-electron chi connectivity index (χ0n) is 19.2. The zero-order chi connectivity index (χ0) is 23.7. The van der Waals surface area contributed by atoms with Gasteiger partial charge in [0, 0.05) is 47.9 Å². The van der Waals surface area contributed by atoms with Crippen molar-refractivity contribution in [2.75, 3.05) is 31.8 Å². The summed E-state index contributed by atoms with van der Waals surface area (Å²) in [5, 5.41) is 7.51. The van der Waals surface area contributed by atoms with Crippen LogP contribution in [0.15, 0.2) is 59.5 Å². The van der Waals surface area contributed by atoms with Gasteiger partial charge in [0.05, 0.1) is 11.9 Å². The molecule has 3 aromatic heterocycles.